The van der Waals surface area contributed by atoms with Crippen LogP contribution in [0, 0.1) is 0 Å². The zero-order chi connectivity index (χ0) is 12.5. The third-order valence-electron chi connectivity index (χ3n) is 2.93. The Balaban J connectivity index is 1.86. The van der Waals surface area contributed by atoms with Crippen LogP contribution >= 0.6 is 15.9 Å². The number of aromatic nitrogens is 4. The van der Waals surface area contributed by atoms with Crippen molar-refractivity contribution in [3.05, 3.63) is 34.6 Å². The number of carbonyl (C=O) groups excluding carboxylic acids is 1. The number of hydrogen-bond donors (Lipinski definition) is 0. The predicted molar refractivity (Wildman–Crippen MR) is 68.0 cm³/mol. The summed E-state index contributed by atoms with van der Waals surface area (Å²) in [7, 11) is 0. The maximum absolute atomic E-state index is 12.2. The third-order valence-corrected chi connectivity index (χ3v) is 3.57. The molecule has 1 aromatic heterocycles. The number of rotatable bonds is 2. The van der Waals surface area contributed by atoms with Gasteiger partial charge in [-0.2, -0.15) is 0 Å². The van der Waals surface area contributed by atoms with Crippen LogP contribution in [0.3, 0.4) is 0 Å². The molecule has 0 fully saturated rings. The Hall–Kier alpha value is -1.76. The van der Waals surface area contributed by atoms with E-state index in [1.54, 1.807) is 4.90 Å². The van der Waals surface area contributed by atoms with Crippen molar-refractivity contribution in [2.24, 2.45) is 0 Å². The second-order valence-corrected chi connectivity index (χ2v) is 4.90. The van der Waals surface area contributed by atoms with Crippen molar-refractivity contribution in [3.63, 3.8) is 0 Å². The van der Waals surface area contributed by atoms with Gasteiger partial charge in [-0.1, -0.05) is 12.1 Å². The van der Waals surface area contributed by atoms with E-state index < -0.39 is 0 Å². The number of halogens is 1. The fourth-order valence-electron chi connectivity index (χ4n) is 2.13. The van der Waals surface area contributed by atoms with Crippen LogP contribution in [-0.2, 0) is 17.8 Å². The number of amides is 1. The van der Waals surface area contributed by atoms with E-state index in [0.717, 1.165) is 16.6 Å². The molecule has 1 aliphatic rings. The van der Waals surface area contributed by atoms with Crippen molar-refractivity contribution < 1.29 is 4.79 Å². The highest BCUT2D eigenvalue weighted by Gasteiger charge is 2.26. The number of benzene rings is 1. The molecule has 0 spiro atoms. The molecule has 1 aromatic carbocycles. The van der Waals surface area contributed by atoms with E-state index in [4.69, 9.17) is 0 Å². The highest BCUT2D eigenvalue weighted by Crippen LogP contribution is 2.35. The van der Waals surface area contributed by atoms with Gasteiger partial charge in [-0.05, 0) is 44.4 Å². The number of carbonyl (C=O) groups is 1. The van der Waals surface area contributed by atoms with Crippen molar-refractivity contribution in [2.45, 2.75) is 13.0 Å². The lowest BCUT2D eigenvalue weighted by atomic mass is 10.2. The zero-order valence-electron chi connectivity index (χ0n) is 9.45. The number of nitrogens with zero attached hydrogens (tertiary/aromatic N) is 5. The first-order valence-corrected chi connectivity index (χ1v) is 6.33. The maximum Gasteiger partial charge on any atom is 0.248 e. The van der Waals surface area contributed by atoms with Crippen LogP contribution in [0.25, 0.3) is 0 Å². The van der Waals surface area contributed by atoms with Gasteiger partial charge in [0.05, 0.1) is 5.69 Å². The van der Waals surface area contributed by atoms with Gasteiger partial charge in [0.25, 0.3) is 0 Å². The molecule has 2 heterocycles. The minimum atomic E-state index is -0.00653. The molecule has 18 heavy (non-hydrogen) atoms. The van der Waals surface area contributed by atoms with Crippen molar-refractivity contribution in [1.82, 2.24) is 20.2 Å². The summed E-state index contributed by atoms with van der Waals surface area (Å²) in [5, 5.41) is 10.7. The van der Waals surface area contributed by atoms with Gasteiger partial charge in [-0.15, -0.1) is 5.10 Å². The molecule has 0 N–H and O–H groups in total. The minimum Gasteiger partial charge on any atom is -0.309 e. The summed E-state index contributed by atoms with van der Waals surface area (Å²) < 4.78 is 2.37. The first-order valence-electron chi connectivity index (χ1n) is 5.54. The van der Waals surface area contributed by atoms with Crippen molar-refractivity contribution >= 4 is 27.5 Å². The third kappa shape index (κ3) is 1.90. The second kappa shape index (κ2) is 4.49. The Bertz CT molecular complexity index is 583. The monoisotopic (exact) mass is 307 g/mol. The van der Waals surface area contributed by atoms with E-state index in [1.807, 2.05) is 18.2 Å². The molecule has 0 bridgehead atoms. The molecule has 0 unspecified atom stereocenters. The van der Waals surface area contributed by atoms with E-state index in [0.29, 0.717) is 6.54 Å². The summed E-state index contributed by atoms with van der Waals surface area (Å²) in [6.07, 6.45) is 2.32. The quantitative estimate of drug-likeness (QED) is 0.831. The molecule has 0 saturated heterocycles. The van der Waals surface area contributed by atoms with Gasteiger partial charge in [0.1, 0.15) is 12.9 Å². The van der Waals surface area contributed by atoms with Gasteiger partial charge < -0.3 is 4.90 Å². The molecule has 2 aromatic rings. The number of hydrogen-bond acceptors (Lipinski definition) is 4. The van der Waals surface area contributed by atoms with Gasteiger partial charge in [0.2, 0.25) is 5.91 Å². The molecule has 3 rings (SSSR count). The van der Waals surface area contributed by atoms with Gasteiger partial charge in [-0.25, -0.2) is 4.68 Å². The molecular formula is C11H10BrN5O. The molecule has 92 valence electrons. The number of tetrazole rings is 1. The molecule has 1 amide bonds. The van der Waals surface area contributed by atoms with Crippen LogP contribution in [-0.4, -0.2) is 32.7 Å². The summed E-state index contributed by atoms with van der Waals surface area (Å²) in [5.74, 6) is -0.00653. The first kappa shape index (κ1) is 11.3. The summed E-state index contributed by atoms with van der Waals surface area (Å²) in [6, 6.07) is 5.98. The molecule has 0 saturated carbocycles. The number of fused-ring (bicyclic) bond motifs is 1. The standard InChI is InChI=1S/C11H10BrN5O/c12-9-3-1-2-8-4-5-17(11(8)9)10(18)6-16-7-13-14-15-16/h1-3,7H,4-6H2. The molecule has 0 atom stereocenters. The SMILES string of the molecule is O=C(Cn1cnnn1)N1CCc2cccc(Br)c21. The van der Waals surface area contributed by atoms with Crippen molar-refractivity contribution in [2.75, 3.05) is 11.4 Å². The van der Waals surface area contributed by atoms with Crippen LogP contribution in [0.1, 0.15) is 5.56 Å². The molecule has 1 aliphatic heterocycles. The lowest BCUT2D eigenvalue weighted by Crippen LogP contribution is -2.32. The topological polar surface area (TPSA) is 63.9 Å². The summed E-state index contributed by atoms with van der Waals surface area (Å²) in [4.78, 5) is 14.0. The van der Waals surface area contributed by atoms with Crippen LogP contribution in [0.15, 0.2) is 29.0 Å². The van der Waals surface area contributed by atoms with Crippen molar-refractivity contribution in [3.8, 4) is 0 Å². The van der Waals surface area contributed by atoms with E-state index in [2.05, 4.69) is 31.5 Å². The van der Waals surface area contributed by atoms with E-state index in [9.17, 15) is 4.79 Å². The Labute approximate surface area is 112 Å². The van der Waals surface area contributed by atoms with Gasteiger partial charge in [-0.3, -0.25) is 4.79 Å². The van der Waals surface area contributed by atoms with Crippen LogP contribution in [0.2, 0.25) is 0 Å². The highest BCUT2D eigenvalue weighted by molar-refractivity contribution is 9.10. The molecule has 7 heteroatoms. The first-order chi connectivity index (χ1) is 8.75. The molecule has 0 aliphatic carbocycles. The average Bonchev–Trinajstić information content (AvgIpc) is 2.97. The Kier molecular flexibility index (Phi) is 2.83. The largest absolute Gasteiger partial charge is 0.309 e. The molecule has 0 radical (unpaired) electrons. The average molecular weight is 308 g/mol. The maximum atomic E-state index is 12.2. The van der Waals surface area contributed by atoms with Crippen molar-refractivity contribution in [1.29, 1.82) is 0 Å². The van der Waals surface area contributed by atoms with Crippen LogP contribution in [0.5, 0.6) is 0 Å². The molecule has 6 nitrogen and oxygen atoms in total. The lowest BCUT2D eigenvalue weighted by molar-refractivity contribution is -0.119. The Morgan fingerprint density at radius 2 is 2.33 bits per heavy atom. The Morgan fingerprint density at radius 1 is 1.44 bits per heavy atom. The molecular weight excluding hydrogens is 298 g/mol. The minimum absolute atomic E-state index is 0.00653. The van der Waals surface area contributed by atoms with E-state index in [1.165, 1.54) is 16.6 Å². The van der Waals surface area contributed by atoms with Crippen LogP contribution in [0.4, 0.5) is 5.69 Å². The normalized spacial score (nSPS) is 13.7. The van der Waals surface area contributed by atoms with E-state index >= 15 is 0 Å². The van der Waals surface area contributed by atoms with Crippen LogP contribution < -0.4 is 4.90 Å². The van der Waals surface area contributed by atoms with E-state index in [-0.39, 0.29) is 12.5 Å². The van der Waals surface area contributed by atoms with Gasteiger partial charge >= 0.3 is 0 Å². The summed E-state index contributed by atoms with van der Waals surface area (Å²) in [5.41, 5.74) is 2.16. The fourth-order valence-corrected chi connectivity index (χ4v) is 2.76. The van der Waals surface area contributed by atoms with Gasteiger partial charge in [0, 0.05) is 11.0 Å². The number of anilines is 1. The zero-order valence-corrected chi connectivity index (χ0v) is 11.0. The highest BCUT2D eigenvalue weighted by atomic mass is 79.9. The summed E-state index contributed by atoms with van der Waals surface area (Å²) >= 11 is 3.49. The lowest BCUT2D eigenvalue weighted by Gasteiger charge is -2.18. The smallest absolute Gasteiger partial charge is 0.248 e. The van der Waals surface area contributed by atoms with Gasteiger partial charge in [0.15, 0.2) is 0 Å². The fraction of sp³-hybridized carbons (Fsp3) is 0.273. The Morgan fingerprint density at radius 3 is 3.11 bits per heavy atom. The predicted octanol–water partition coefficient (Wildman–Crippen LogP) is 1.02. The summed E-state index contributed by atoms with van der Waals surface area (Å²) in [6.45, 7) is 0.868. The number of para-hydroxylation sites is 1. The second-order valence-electron chi connectivity index (χ2n) is 4.05.